The number of benzene rings is 2. The maximum absolute atomic E-state index is 12.9. The zero-order valence-electron chi connectivity index (χ0n) is 16.2. The highest BCUT2D eigenvalue weighted by molar-refractivity contribution is 7.99. The average Bonchev–Trinajstić information content (AvgIpc) is 2.73. The van der Waals surface area contributed by atoms with Crippen molar-refractivity contribution >= 4 is 29.3 Å². The largest absolute Gasteiger partial charge is 0.338 e. The molecule has 1 aliphatic rings. The lowest BCUT2D eigenvalue weighted by atomic mass is 9.96. The predicted molar refractivity (Wildman–Crippen MR) is 116 cm³/mol. The minimum absolute atomic E-state index is 0.000520. The van der Waals surface area contributed by atoms with Gasteiger partial charge in [0, 0.05) is 29.3 Å². The molecule has 0 radical (unpaired) electrons. The lowest BCUT2D eigenvalue weighted by molar-refractivity contribution is -0.121. The molecule has 0 spiro atoms. The smallest absolute Gasteiger partial charge is 0.253 e. The summed E-state index contributed by atoms with van der Waals surface area (Å²) in [7, 11) is 0. The van der Waals surface area contributed by atoms with Crippen LogP contribution in [0, 0.1) is 12.8 Å². The second kappa shape index (κ2) is 9.60. The number of aryl methyl sites for hydroxylation is 1. The molecule has 1 unspecified atom stereocenters. The Hall–Kier alpha value is -2.53. The van der Waals surface area contributed by atoms with E-state index in [4.69, 9.17) is 0 Å². The van der Waals surface area contributed by atoms with Gasteiger partial charge in [-0.3, -0.25) is 9.59 Å². The number of anilines is 1. The fourth-order valence-corrected chi connectivity index (χ4v) is 4.08. The van der Waals surface area contributed by atoms with E-state index in [1.165, 1.54) is 0 Å². The molecule has 0 aliphatic carbocycles. The molecule has 1 heterocycles. The predicted octanol–water partition coefficient (Wildman–Crippen LogP) is 4.76. The van der Waals surface area contributed by atoms with Crippen molar-refractivity contribution in [3.63, 3.8) is 0 Å². The Morgan fingerprint density at radius 1 is 1.21 bits per heavy atom. The molecular formula is C23H26N2O2S. The zero-order valence-corrected chi connectivity index (χ0v) is 17.0. The van der Waals surface area contributed by atoms with Gasteiger partial charge in [0.2, 0.25) is 5.91 Å². The van der Waals surface area contributed by atoms with Gasteiger partial charge >= 0.3 is 0 Å². The molecule has 3 rings (SSSR count). The van der Waals surface area contributed by atoms with E-state index in [2.05, 4.69) is 11.9 Å². The Kier molecular flexibility index (Phi) is 6.93. The molecule has 1 N–H and O–H groups in total. The fraction of sp³-hybridized carbons (Fsp3) is 0.304. The van der Waals surface area contributed by atoms with E-state index >= 15 is 0 Å². The number of para-hydroxylation sites is 1. The normalized spacial score (nSPS) is 16.5. The first-order valence-corrected chi connectivity index (χ1v) is 10.6. The SMILES string of the molecule is C=CCSc1ccccc1NC(=O)C1CCCN(C(=O)c2ccc(C)cc2)C1. The Labute approximate surface area is 171 Å². The molecule has 0 aromatic heterocycles. The summed E-state index contributed by atoms with van der Waals surface area (Å²) in [6, 6.07) is 15.4. The Morgan fingerprint density at radius 2 is 1.96 bits per heavy atom. The van der Waals surface area contributed by atoms with Gasteiger partial charge in [-0.05, 0) is 44.0 Å². The van der Waals surface area contributed by atoms with E-state index < -0.39 is 0 Å². The number of nitrogens with zero attached hydrogens (tertiary/aromatic N) is 1. The number of hydrogen-bond acceptors (Lipinski definition) is 3. The molecule has 28 heavy (non-hydrogen) atoms. The number of amides is 2. The van der Waals surface area contributed by atoms with Crippen LogP contribution in [-0.4, -0.2) is 35.6 Å². The Bertz CT molecular complexity index is 848. The van der Waals surface area contributed by atoms with Gasteiger partial charge in [0.1, 0.15) is 0 Å². The number of carbonyl (C=O) groups excluding carboxylic acids is 2. The molecule has 0 saturated carbocycles. The number of hydrogen-bond donors (Lipinski definition) is 1. The van der Waals surface area contributed by atoms with Crippen molar-refractivity contribution in [2.24, 2.45) is 5.92 Å². The second-order valence-corrected chi connectivity index (χ2v) is 8.10. The van der Waals surface area contributed by atoms with Crippen LogP contribution in [0.1, 0.15) is 28.8 Å². The van der Waals surface area contributed by atoms with Crippen LogP contribution in [-0.2, 0) is 4.79 Å². The van der Waals surface area contributed by atoms with Crippen molar-refractivity contribution < 1.29 is 9.59 Å². The molecule has 1 fully saturated rings. The first kappa shape index (κ1) is 20.2. The second-order valence-electron chi connectivity index (χ2n) is 7.04. The van der Waals surface area contributed by atoms with Crippen molar-refractivity contribution in [2.45, 2.75) is 24.7 Å². The number of carbonyl (C=O) groups is 2. The summed E-state index contributed by atoms with van der Waals surface area (Å²) in [5.41, 5.74) is 2.62. The van der Waals surface area contributed by atoms with Crippen LogP contribution in [0.3, 0.4) is 0 Å². The third kappa shape index (κ3) is 5.04. The zero-order chi connectivity index (χ0) is 19.9. The average molecular weight is 395 g/mol. The van der Waals surface area contributed by atoms with Gasteiger partial charge in [-0.25, -0.2) is 0 Å². The van der Waals surface area contributed by atoms with Crippen LogP contribution < -0.4 is 5.32 Å². The van der Waals surface area contributed by atoms with Gasteiger partial charge < -0.3 is 10.2 Å². The van der Waals surface area contributed by atoms with E-state index in [0.717, 1.165) is 34.7 Å². The summed E-state index contributed by atoms with van der Waals surface area (Å²) in [5, 5.41) is 3.06. The van der Waals surface area contributed by atoms with Gasteiger partial charge in [0.05, 0.1) is 11.6 Å². The number of nitrogens with one attached hydrogen (secondary N) is 1. The molecular weight excluding hydrogens is 368 g/mol. The maximum atomic E-state index is 12.9. The van der Waals surface area contributed by atoms with Crippen LogP contribution in [0.25, 0.3) is 0 Å². The lowest BCUT2D eigenvalue weighted by Gasteiger charge is -2.32. The van der Waals surface area contributed by atoms with Gasteiger partial charge in [0.15, 0.2) is 0 Å². The van der Waals surface area contributed by atoms with Gasteiger partial charge in [-0.1, -0.05) is 35.9 Å². The van der Waals surface area contributed by atoms with E-state index in [-0.39, 0.29) is 17.7 Å². The molecule has 4 nitrogen and oxygen atoms in total. The first-order chi connectivity index (χ1) is 13.6. The first-order valence-electron chi connectivity index (χ1n) is 9.58. The highest BCUT2D eigenvalue weighted by atomic mass is 32.2. The van der Waals surface area contributed by atoms with E-state index in [1.54, 1.807) is 16.7 Å². The van der Waals surface area contributed by atoms with Gasteiger partial charge in [-0.2, -0.15) is 0 Å². The number of piperidine rings is 1. The summed E-state index contributed by atoms with van der Waals surface area (Å²) >= 11 is 1.64. The quantitative estimate of drug-likeness (QED) is 0.567. The summed E-state index contributed by atoms with van der Waals surface area (Å²) in [6.07, 6.45) is 3.48. The number of thioether (sulfide) groups is 1. The summed E-state index contributed by atoms with van der Waals surface area (Å²) in [4.78, 5) is 28.5. The minimum Gasteiger partial charge on any atom is -0.338 e. The molecule has 1 saturated heterocycles. The topological polar surface area (TPSA) is 49.4 Å². The Balaban J connectivity index is 1.65. The van der Waals surface area contributed by atoms with Crippen LogP contribution >= 0.6 is 11.8 Å². The van der Waals surface area contributed by atoms with Crippen LogP contribution in [0.15, 0.2) is 66.1 Å². The van der Waals surface area contributed by atoms with Crippen LogP contribution in [0.4, 0.5) is 5.69 Å². The minimum atomic E-state index is -0.194. The number of rotatable bonds is 6. The fourth-order valence-electron chi connectivity index (χ4n) is 3.33. The van der Waals surface area contributed by atoms with E-state index in [0.29, 0.717) is 18.7 Å². The lowest BCUT2D eigenvalue weighted by Crippen LogP contribution is -2.43. The van der Waals surface area contributed by atoms with Crippen LogP contribution in [0.5, 0.6) is 0 Å². The molecule has 146 valence electrons. The Morgan fingerprint density at radius 3 is 2.71 bits per heavy atom. The summed E-state index contributed by atoms with van der Waals surface area (Å²) < 4.78 is 0. The molecule has 2 amide bonds. The van der Waals surface area contributed by atoms with Crippen molar-refractivity contribution in [1.82, 2.24) is 4.90 Å². The highest BCUT2D eigenvalue weighted by Crippen LogP contribution is 2.28. The standard InChI is InChI=1S/C23H26N2O2S/c1-3-15-28-21-9-5-4-8-20(21)24-22(26)19-7-6-14-25(16-19)23(27)18-12-10-17(2)11-13-18/h3-5,8-13,19H,1,6-7,14-16H2,2H3,(H,24,26). The third-order valence-corrected chi connectivity index (χ3v) is 5.95. The van der Waals surface area contributed by atoms with Crippen molar-refractivity contribution in [3.8, 4) is 0 Å². The molecule has 1 atom stereocenters. The summed E-state index contributed by atoms with van der Waals surface area (Å²) in [5.74, 6) is 0.572. The van der Waals surface area contributed by atoms with Crippen molar-refractivity contribution in [2.75, 3.05) is 24.2 Å². The van der Waals surface area contributed by atoms with E-state index in [9.17, 15) is 9.59 Å². The number of likely N-dealkylation sites (tertiary alicyclic amines) is 1. The van der Waals surface area contributed by atoms with Gasteiger partial charge in [0.25, 0.3) is 5.91 Å². The molecule has 1 aliphatic heterocycles. The third-order valence-electron chi connectivity index (χ3n) is 4.88. The van der Waals surface area contributed by atoms with Crippen molar-refractivity contribution in [3.05, 3.63) is 72.3 Å². The molecule has 2 aromatic rings. The monoisotopic (exact) mass is 394 g/mol. The van der Waals surface area contributed by atoms with Crippen molar-refractivity contribution in [1.29, 1.82) is 0 Å². The highest BCUT2D eigenvalue weighted by Gasteiger charge is 2.29. The molecule has 2 aromatic carbocycles. The van der Waals surface area contributed by atoms with E-state index in [1.807, 2.05) is 61.5 Å². The molecule has 0 bridgehead atoms. The summed E-state index contributed by atoms with van der Waals surface area (Å²) in [6.45, 7) is 6.90. The van der Waals surface area contributed by atoms with Crippen LogP contribution in [0.2, 0.25) is 0 Å². The van der Waals surface area contributed by atoms with Gasteiger partial charge in [-0.15, -0.1) is 18.3 Å². The molecule has 5 heteroatoms. The maximum Gasteiger partial charge on any atom is 0.253 e.